The van der Waals surface area contributed by atoms with Crippen LogP contribution in [0, 0.1) is 13.8 Å². The Hall–Kier alpha value is -3.77. The molecule has 5 rings (SSSR count). The van der Waals surface area contributed by atoms with Gasteiger partial charge in [0, 0.05) is 34.9 Å². The Morgan fingerprint density at radius 1 is 1.15 bits per heavy atom. The van der Waals surface area contributed by atoms with Crippen LogP contribution in [0.15, 0.2) is 60.8 Å². The number of phenolic OH excluding ortho intramolecular Hbond substituents is 1. The number of hydrogen-bond donors (Lipinski definition) is 5. The van der Waals surface area contributed by atoms with Gasteiger partial charge in [-0.05, 0) is 78.8 Å². The number of carbonyl (C=O) groups is 1. The minimum Gasteiger partial charge on any atom is -0.508 e. The summed E-state index contributed by atoms with van der Waals surface area (Å²) in [5.74, 6) is 0.0659. The highest BCUT2D eigenvalue weighted by Crippen LogP contribution is 2.37. The number of hydrogen-bond acceptors (Lipinski definition) is 4. The van der Waals surface area contributed by atoms with Crippen LogP contribution in [0.1, 0.15) is 34.7 Å². The summed E-state index contributed by atoms with van der Waals surface area (Å²) in [6.07, 6.45) is 3.26. The van der Waals surface area contributed by atoms with Gasteiger partial charge < -0.3 is 26.5 Å². The van der Waals surface area contributed by atoms with Crippen LogP contribution in [0.4, 0.5) is 5.69 Å². The van der Waals surface area contributed by atoms with E-state index in [1.54, 1.807) is 12.1 Å². The number of aromatic nitrogens is 1. The summed E-state index contributed by atoms with van der Waals surface area (Å²) >= 11 is 0. The van der Waals surface area contributed by atoms with E-state index >= 15 is 0 Å². The third-order valence-electron chi connectivity index (χ3n) is 6.82. The van der Waals surface area contributed by atoms with Gasteiger partial charge in [0.25, 0.3) is 0 Å². The van der Waals surface area contributed by atoms with Crippen molar-refractivity contribution in [2.24, 2.45) is 5.73 Å². The summed E-state index contributed by atoms with van der Waals surface area (Å²) in [7, 11) is 0. The van der Waals surface area contributed by atoms with Crippen molar-refractivity contribution in [2.45, 2.75) is 38.8 Å². The summed E-state index contributed by atoms with van der Waals surface area (Å²) < 4.78 is 0. The maximum absolute atomic E-state index is 13.1. The van der Waals surface area contributed by atoms with Crippen LogP contribution >= 0.6 is 0 Å². The molecule has 6 N–H and O–H groups in total. The molecule has 0 saturated carbocycles. The van der Waals surface area contributed by atoms with Gasteiger partial charge in [-0.3, -0.25) is 4.79 Å². The Morgan fingerprint density at radius 3 is 2.62 bits per heavy atom. The third-order valence-corrected chi connectivity index (χ3v) is 6.82. The van der Waals surface area contributed by atoms with E-state index in [-0.39, 0.29) is 17.7 Å². The molecule has 0 radical (unpaired) electrons. The van der Waals surface area contributed by atoms with Gasteiger partial charge in [0.2, 0.25) is 5.91 Å². The fourth-order valence-corrected chi connectivity index (χ4v) is 5.02. The topological polar surface area (TPSA) is 103 Å². The highest BCUT2D eigenvalue weighted by atomic mass is 16.3. The average Bonchev–Trinajstić information content (AvgIpc) is 3.23. The Labute approximate surface area is 199 Å². The number of fused-ring (bicyclic) bond motifs is 2. The molecule has 4 aromatic rings. The van der Waals surface area contributed by atoms with Gasteiger partial charge in [0.1, 0.15) is 5.75 Å². The standard InChI is InChI=1S/C28H30N4O2/c1-16-10-19(33)11-17(2)20(16)13-24(29)28(34)32-25-8-9-30-27-14-26-21(12-22(25)27)23(15-31-26)18-6-4-3-5-7-18/h3-7,10-12,14-15,24-25,30-31,33H,8-9,13,29H2,1-2H3,(H,32,34). The molecule has 1 aliphatic heterocycles. The number of phenols is 1. The lowest BCUT2D eigenvalue weighted by Gasteiger charge is -2.29. The molecule has 1 aliphatic rings. The molecule has 2 unspecified atom stereocenters. The predicted octanol–water partition coefficient (Wildman–Crippen LogP) is 4.70. The fraction of sp³-hybridized carbons (Fsp3) is 0.250. The molecule has 6 heteroatoms. The molecule has 0 fully saturated rings. The van der Waals surface area contributed by atoms with Crippen molar-refractivity contribution in [2.75, 3.05) is 11.9 Å². The SMILES string of the molecule is Cc1cc(O)cc(C)c1CC(N)C(=O)NC1CCNc2cc3[nH]cc(-c4ccccc4)c3cc21. The van der Waals surface area contributed by atoms with Crippen LogP contribution in [0.5, 0.6) is 5.75 Å². The summed E-state index contributed by atoms with van der Waals surface area (Å²) in [6, 6.07) is 17.2. The van der Waals surface area contributed by atoms with E-state index < -0.39 is 6.04 Å². The zero-order valence-corrected chi connectivity index (χ0v) is 19.5. The van der Waals surface area contributed by atoms with Crippen LogP contribution in [-0.2, 0) is 11.2 Å². The average molecular weight is 455 g/mol. The Kier molecular flexibility index (Phi) is 5.75. The zero-order valence-electron chi connectivity index (χ0n) is 19.5. The zero-order chi connectivity index (χ0) is 23.8. The number of benzene rings is 3. The van der Waals surface area contributed by atoms with Crippen LogP contribution in [0.25, 0.3) is 22.0 Å². The van der Waals surface area contributed by atoms with Gasteiger partial charge in [0.15, 0.2) is 0 Å². The number of aryl methyl sites for hydroxylation is 2. The smallest absolute Gasteiger partial charge is 0.237 e. The maximum Gasteiger partial charge on any atom is 0.237 e. The van der Waals surface area contributed by atoms with E-state index in [1.165, 1.54) is 0 Å². The van der Waals surface area contributed by atoms with E-state index in [2.05, 4.69) is 39.9 Å². The molecule has 6 nitrogen and oxygen atoms in total. The first-order valence-electron chi connectivity index (χ1n) is 11.7. The molecule has 174 valence electrons. The van der Waals surface area contributed by atoms with Gasteiger partial charge in [-0.15, -0.1) is 0 Å². The molecular formula is C28H30N4O2. The minimum absolute atomic E-state index is 0.111. The van der Waals surface area contributed by atoms with E-state index in [0.717, 1.165) is 62.9 Å². The normalized spacial score (nSPS) is 16.0. The van der Waals surface area contributed by atoms with Crippen molar-refractivity contribution in [3.8, 4) is 16.9 Å². The summed E-state index contributed by atoms with van der Waals surface area (Å²) in [4.78, 5) is 16.5. The molecule has 1 amide bonds. The van der Waals surface area contributed by atoms with Crippen molar-refractivity contribution in [1.82, 2.24) is 10.3 Å². The number of carbonyl (C=O) groups excluding carboxylic acids is 1. The number of anilines is 1. The van der Waals surface area contributed by atoms with Gasteiger partial charge in [-0.1, -0.05) is 30.3 Å². The van der Waals surface area contributed by atoms with E-state index in [1.807, 2.05) is 38.2 Å². The summed E-state index contributed by atoms with van der Waals surface area (Å²) in [5.41, 5.74) is 14.7. The van der Waals surface area contributed by atoms with Crippen molar-refractivity contribution in [3.05, 3.63) is 83.0 Å². The molecule has 0 saturated heterocycles. The maximum atomic E-state index is 13.1. The third kappa shape index (κ3) is 4.13. The molecule has 1 aromatic heterocycles. The largest absolute Gasteiger partial charge is 0.508 e. The number of amides is 1. The second-order valence-corrected chi connectivity index (χ2v) is 9.20. The highest BCUT2D eigenvalue weighted by molar-refractivity contribution is 5.98. The molecule has 2 heterocycles. The predicted molar refractivity (Wildman–Crippen MR) is 137 cm³/mol. The number of H-pyrrole nitrogens is 1. The van der Waals surface area contributed by atoms with Crippen LogP contribution < -0.4 is 16.4 Å². The molecule has 0 aliphatic carbocycles. The first-order valence-corrected chi connectivity index (χ1v) is 11.7. The van der Waals surface area contributed by atoms with Crippen molar-refractivity contribution in [1.29, 1.82) is 0 Å². The Morgan fingerprint density at radius 2 is 1.88 bits per heavy atom. The minimum atomic E-state index is -0.670. The second kappa shape index (κ2) is 8.88. The van der Waals surface area contributed by atoms with Gasteiger partial charge in [-0.25, -0.2) is 0 Å². The molecule has 2 atom stereocenters. The number of aromatic hydroxyl groups is 1. The van der Waals surface area contributed by atoms with Crippen LogP contribution in [0.3, 0.4) is 0 Å². The van der Waals surface area contributed by atoms with E-state index in [4.69, 9.17) is 5.73 Å². The van der Waals surface area contributed by atoms with E-state index in [9.17, 15) is 9.90 Å². The van der Waals surface area contributed by atoms with Crippen molar-refractivity contribution < 1.29 is 9.90 Å². The molecule has 34 heavy (non-hydrogen) atoms. The van der Waals surface area contributed by atoms with Crippen molar-refractivity contribution >= 4 is 22.5 Å². The lowest BCUT2D eigenvalue weighted by molar-refractivity contribution is -0.123. The lowest BCUT2D eigenvalue weighted by atomic mass is 9.93. The Bertz CT molecular complexity index is 1340. The summed E-state index contributed by atoms with van der Waals surface area (Å²) in [5, 5.41) is 17.6. The number of aromatic amines is 1. The quantitative estimate of drug-likeness (QED) is 0.302. The molecule has 0 bridgehead atoms. The highest BCUT2D eigenvalue weighted by Gasteiger charge is 2.26. The first-order chi connectivity index (χ1) is 16.4. The van der Waals surface area contributed by atoms with Crippen LogP contribution in [0.2, 0.25) is 0 Å². The molecular weight excluding hydrogens is 424 g/mol. The molecule has 3 aromatic carbocycles. The first kappa shape index (κ1) is 22.0. The number of nitrogens with two attached hydrogens (primary N) is 1. The lowest BCUT2D eigenvalue weighted by Crippen LogP contribution is -2.44. The number of nitrogens with one attached hydrogen (secondary N) is 3. The van der Waals surface area contributed by atoms with Crippen LogP contribution in [-0.4, -0.2) is 28.6 Å². The fourth-order valence-electron chi connectivity index (χ4n) is 5.02. The molecule has 0 spiro atoms. The second-order valence-electron chi connectivity index (χ2n) is 9.20. The van der Waals surface area contributed by atoms with Gasteiger partial charge >= 0.3 is 0 Å². The Balaban J connectivity index is 1.40. The van der Waals surface area contributed by atoms with Crippen molar-refractivity contribution in [3.63, 3.8) is 0 Å². The van der Waals surface area contributed by atoms with Gasteiger partial charge in [0.05, 0.1) is 12.1 Å². The number of rotatable bonds is 5. The van der Waals surface area contributed by atoms with E-state index in [0.29, 0.717) is 6.42 Å². The monoisotopic (exact) mass is 454 g/mol. The summed E-state index contributed by atoms with van der Waals surface area (Å²) in [6.45, 7) is 4.64. The van der Waals surface area contributed by atoms with Gasteiger partial charge in [-0.2, -0.15) is 0 Å².